The number of hydrogen-bond donors (Lipinski definition) is 0. The van der Waals surface area contributed by atoms with Crippen LogP contribution in [0, 0.1) is 5.92 Å². The molecule has 0 radical (unpaired) electrons. The summed E-state index contributed by atoms with van der Waals surface area (Å²) >= 11 is 0. The third-order valence-corrected chi connectivity index (χ3v) is 2.70. The molecule has 1 heterocycles. The van der Waals surface area contributed by atoms with Crippen LogP contribution in [0.5, 0.6) is 0 Å². The first-order valence-electron chi connectivity index (χ1n) is 5.42. The average molecular weight is 198 g/mol. The molecule has 3 nitrogen and oxygen atoms in total. The molecule has 3 heteroatoms. The van der Waals surface area contributed by atoms with Gasteiger partial charge in [0.05, 0.1) is 5.92 Å². The maximum Gasteiger partial charge on any atom is 0.305 e. The van der Waals surface area contributed by atoms with E-state index >= 15 is 0 Å². The maximum atomic E-state index is 11.6. The van der Waals surface area contributed by atoms with Gasteiger partial charge in [0.15, 0.2) is 0 Å². The summed E-state index contributed by atoms with van der Waals surface area (Å²) in [4.78, 5) is 22.7. The van der Waals surface area contributed by atoms with E-state index in [1.807, 2.05) is 6.92 Å². The van der Waals surface area contributed by atoms with Crippen LogP contribution in [0.15, 0.2) is 0 Å². The van der Waals surface area contributed by atoms with Crippen LogP contribution in [-0.4, -0.2) is 18.4 Å². The van der Waals surface area contributed by atoms with Crippen LogP contribution in [0.4, 0.5) is 0 Å². The second-order valence-corrected chi connectivity index (χ2v) is 3.82. The molecule has 0 aliphatic carbocycles. The zero-order valence-electron chi connectivity index (χ0n) is 8.75. The van der Waals surface area contributed by atoms with E-state index in [9.17, 15) is 9.59 Å². The molecule has 1 aliphatic rings. The Morgan fingerprint density at radius 3 is 2.64 bits per heavy atom. The molecule has 0 amide bonds. The summed E-state index contributed by atoms with van der Waals surface area (Å²) in [7, 11) is 0. The molecule has 1 unspecified atom stereocenters. The van der Waals surface area contributed by atoms with Crippen LogP contribution in [0.1, 0.15) is 45.4 Å². The summed E-state index contributed by atoms with van der Waals surface area (Å²) in [6.07, 6.45) is 4.65. The van der Waals surface area contributed by atoms with Crippen molar-refractivity contribution in [2.24, 2.45) is 5.92 Å². The average Bonchev–Trinajstić information content (AvgIpc) is 2.18. The summed E-state index contributed by atoms with van der Waals surface area (Å²) in [5, 5.41) is 0. The van der Waals surface area contributed by atoms with Gasteiger partial charge in [-0.25, -0.2) is 0 Å². The molecule has 0 aromatic heterocycles. The summed E-state index contributed by atoms with van der Waals surface area (Å²) in [6, 6.07) is 0. The molecule has 0 bridgehead atoms. The Bertz CT molecular complexity index is 211. The lowest BCUT2D eigenvalue weighted by Crippen LogP contribution is -2.22. The number of rotatable bonds is 1. The Labute approximate surface area is 84.8 Å². The molecule has 1 fully saturated rings. The van der Waals surface area contributed by atoms with E-state index in [1.165, 1.54) is 0 Å². The van der Waals surface area contributed by atoms with E-state index in [1.54, 1.807) is 0 Å². The van der Waals surface area contributed by atoms with Crippen molar-refractivity contribution in [3.63, 3.8) is 0 Å². The molecule has 0 aromatic carbocycles. The minimum Gasteiger partial charge on any atom is -0.465 e. The topological polar surface area (TPSA) is 43.4 Å². The summed E-state index contributed by atoms with van der Waals surface area (Å²) in [6.45, 7) is 2.25. The predicted octanol–water partition coefficient (Wildman–Crippen LogP) is 2.09. The first-order chi connectivity index (χ1) is 6.74. The Hall–Kier alpha value is -0.860. The van der Waals surface area contributed by atoms with Crippen molar-refractivity contribution < 1.29 is 14.3 Å². The first kappa shape index (κ1) is 11.2. The lowest BCUT2D eigenvalue weighted by molar-refractivity contribution is -0.146. The smallest absolute Gasteiger partial charge is 0.305 e. The quantitative estimate of drug-likeness (QED) is 0.606. The van der Waals surface area contributed by atoms with E-state index in [-0.39, 0.29) is 24.3 Å². The molecule has 1 atom stereocenters. The zero-order chi connectivity index (χ0) is 10.4. The second-order valence-electron chi connectivity index (χ2n) is 3.82. The van der Waals surface area contributed by atoms with E-state index in [2.05, 4.69) is 0 Å². The van der Waals surface area contributed by atoms with Gasteiger partial charge in [-0.2, -0.15) is 0 Å². The van der Waals surface area contributed by atoms with Crippen LogP contribution in [0.25, 0.3) is 0 Å². The highest BCUT2D eigenvalue weighted by Gasteiger charge is 2.19. The van der Waals surface area contributed by atoms with E-state index in [0.717, 1.165) is 25.7 Å². The van der Waals surface area contributed by atoms with Gasteiger partial charge in [-0.3, -0.25) is 9.59 Å². The van der Waals surface area contributed by atoms with Crippen LogP contribution in [0.3, 0.4) is 0 Å². The standard InChI is InChI=1S/C11H18O3/c1-2-9-8-14-11(13)7-5-3-4-6-10(9)12/h9H,2-8H2,1H3. The Morgan fingerprint density at radius 1 is 1.21 bits per heavy atom. The number of hydrogen-bond acceptors (Lipinski definition) is 3. The Kier molecular flexibility index (Phi) is 4.63. The van der Waals surface area contributed by atoms with Gasteiger partial charge in [0, 0.05) is 12.8 Å². The van der Waals surface area contributed by atoms with Gasteiger partial charge in [0.1, 0.15) is 12.4 Å². The lowest BCUT2D eigenvalue weighted by Gasteiger charge is -2.15. The fraction of sp³-hybridized carbons (Fsp3) is 0.818. The van der Waals surface area contributed by atoms with Crippen molar-refractivity contribution >= 4 is 11.8 Å². The first-order valence-corrected chi connectivity index (χ1v) is 5.42. The molecule has 1 saturated heterocycles. The molecule has 0 aromatic rings. The van der Waals surface area contributed by atoms with Gasteiger partial charge in [0.25, 0.3) is 0 Å². The minimum absolute atomic E-state index is 0.0722. The highest BCUT2D eigenvalue weighted by Crippen LogP contribution is 2.14. The van der Waals surface area contributed by atoms with Crippen LogP contribution in [0.2, 0.25) is 0 Å². The van der Waals surface area contributed by atoms with Crippen LogP contribution >= 0.6 is 0 Å². The third kappa shape index (κ3) is 3.48. The van der Waals surface area contributed by atoms with Gasteiger partial charge in [-0.1, -0.05) is 13.3 Å². The van der Waals surface area contributed by atoms with Crippen molar-refractivity contribution in [1.82, 2.24) is 0 Å². The van der Waals surface area contributed by atoms with E-state index in [4.69, 9.17) is 4.74 Å². The lowest BCUT2D eigenvalue weighted by atomic mass is 9.96. The summed E-state index contributed by atoms with van der Waals surface area (Å²) in [5.41, 5.74) is 0. The van der Waals surface area contributed by atoms with Gasteiger partial charge in [-0.05, 0) is 19.3 Å². The molecule has 0 N–H and O–H groups in total. The van der Waals surface area contributed by atoms with Crippen molar-refractivity contribution in [3.05, 3.63) is 0 Å². The van der Waals surface area contributed by atoms with Crippen molar-refractivity contribution in [2.75, 3.05) is 6.61 Å². The number of esters is 1. The number of ether oxygens (including phenoxy) is 1. The number of carbonyl (C=O) groups excluding carboxylic acids is 2. The molecule has 14 heavy (non-hydrogen) atoms. The molecule has 0 saturated carbocycles. The van der Waals surface area contributed by atoms with Crippen molar-refractivity contribution in [1.29, 1.82) is 0 Å². The predicted molar refractivity (Wildman–Crippen MR) is 52.8 cm³/mol. The second kappa shape index (κ2) is 5.78. The third-order valence-electron chi connectivity index (χ3n) is 2.70. The molecule has 0 spiro atoms. The van der Waals surface area contributed by atoms with Gasteiger partial charge in [-0.15, -0.1) is 0 Å². The monoisotopic (exact) mass is 198 g/mol. The highest BCUT2D eigenvalue weighted by atomic mass is 16.5. The van der Waals surface area contributed by atoms with Gasteiger partial charge >= 0.3 is 5.97 Å². The largest absolute Gasteiger partial charge is 0.465 e. The molecular weight excluding hydrogens is 180 g/mol. The van der Waals surface area contributed by atoms with Crippen molar-refractivity contribution in [2.45, 2.75) is 45.4 Å². The van der Waals surface area contributed by atoms with Gasteiger partial charge < -0.3 is 4.74 Å². The molecule has 1 rings (SSSR count). The molecule has 80 valence electrons. The fourth-order valence-corrected chi connectivity index (χ4v) is 1.65. The normalized spacial score (nSPS) is 25.6. The zero-order valence-corrected chi connectivity index (χ0v) is 8.75. The number of ketones is 1. The number of carbonyl (C=O) groups is 2. The number of cyclic esters (lactones) is 1. The van der Waals surface area contributed by atoms with Crippen LogP contribution < -0.4 is 0 Å². The highest BCUT2D eigenvalue weighted by molar-refractivity contribution is 5.81. The van der Waals surface area contributed by atoms with E-state index < -0.39 is 0 Å². The summed E-state index contributed by atoms with van der Waals surface area (Å²) < 4.78 is 5.03. The SMILES string of the molecule is CCC1COC(=O)CCCCCC1=O. The molecule has 1 aliphatic heterocycles. The minimum atomic E-state index is -0.154. The summed E-state index contributed by atoms with van der Waals surface area (Å²) in [5.74, 6) is 0.0254. The Balaban J connectivity index is 2.49. The van der Waals surface area contributed by atoms with E-state index in [0.29, 0.717) is 12.8 Å². The van der Waals surface area contributed by atoms with Gasteiger partial charge in [0.2, 0.25) is 0 Å². The number of Topliss-reactive ketones (excluding diaryl/α,β-unsaturated/α-hetero) is 1. The fourth-order valence-electron chi connectivity index (χ4n) is 1.65. The van der Waals surface area contributed by atoms with Crippen LogP contribution in [-0.2, 0) is 14.3 Å². The molecular formula is C11H18O3. The van der Waals surface area contributed by atoms with Crippen molar-refractivity contribution in [3.8, 4) is 0 Å². The maximum absolute atomic E-state index is 11.6. The Morgan fingerprint density at radius 2 is 1.93 bits per heavy atom.